The molecule has 0 amide bonds. The quantitative estimate of drug-likeness (QED) is 0.472. The van der Waals surface area contributed by atoms with Gasteiger partial charge in [0.05, 0.1) is 6.20 Å². The monoisotopic (exact) mass is 407 g/mol. The molecule has 1 aromatic carbocycles. The maximum absolute atomic E-state index is 4.90. The highest BCUT2D eigenvalue weighted by Gasteiger charge is 2.19. The summed E-state index contributed by atoms with van der Waals surface area (Å²) in [5, 5.41) is 3.78. The minimum absolute atomic E-state index is 0.482. The summed E-state index contributed by atoms with van der Waals surface area (Å²) in [4.78, 5) is 13.6. The van der Waals surface area contributed by atoms with Crippen LogP contribution >= 0.6 is 0 Å². The Balaban J connectivity index is 1.52. The molecule has 0 atom stereocenters. The van der Waals surface area contributed by atoms with E-state index >= 15 is 0 Å². The number of anilines is 1. The minimum Gasteiger partial charge on any atom is -0.367 e. The fourth-order valence-corrected chi connectivity index (χ4v) is 4.18. The van der Waals surface area contributed by atoms with Crippen LogP contribution in [0.25, 0.3) is 16.9 Å². The molecule has 3 aromatic heterocycles. The number of fused-ring (bicyclic) bond motifs is 1. The molecule has 3 heterocycles. The van der Waals surface area contributed by atoms with E-state index in [-0.39, 0.29) is 0 Å². The Morgan fingerprint density at radius 1 is 1.00 bits per heavy atom. The van der Waals surface area contributed by atoms with Crippen LogP contribution in [-0.4, -0.2) is 25.4 Å². The molecule has 5 rings (SSSR count). The first-order valence-corrected chi connectivity index (χ1v) is 10.9. The number of nitrogens with one attached hydrogen (secondary N) is 1. The van der Waals surface area contributed by atoms with Crippen molar-refractivity contribution in [2.24, 2.45) is 0 Å². The average Bonchev–Trinajstić information content (AvgIpc) is 3.17. The van der Waals surface area contributed by atoms with Gasteiger partial charge in [-0.2, -0.15) is 0 Å². The molecule has 5 nitrogen and oxygen atoms in total. The molecular formula is C26H25N5. The summed E-state index contributed by atoms with van der Waals surface area (Å²) in [5.41, 5.74) is 5.53. The third-order valence-electron chi connectivity index (χ3n) is 5.74. The summed E-state index contributed by atoms with van der Waals surface area (Å²) in [6.45, 7) is 1.98. The van der Waals surface area contributed by atoms with E-state index in [4.69, 9.17) is 4.98 Å². The molecule has 0 aliphatic heterocycles. The number of benzene rings is 1. The lowest BCUT2D eigenvalue weighted by molar-refractivity contribution is 0.461. The summed E-state index contributed by atoms with van der Waals surface area (Å²) in [5.74, 6) is 7.46. The number of aromatic nitrogens is 4. The zero-order chi connectivity index (χ0) is 21.0. The van der Waals surface area contributed by atoms with Gasteiger partial charge in [0.25, 0.3) is 0 Å². The van der Waals surface area contributed by atoms with Gasteiger partial charge >= 0.3 is 0 Å². The Bertz CT molecular complexity index is 1270. The Morgan fingerprint density at radius 3 is 2.74 bits per heavy atom. The first kappa shape index (κ1) is 19.3. The Hall–Kier alpha value is -3.65. The van der Waals surface area contributed by atoms with Crippen molar-refractivity contribution < 1.29 is 0 Å². The zero-order valence-electron chi connectivity index (χ0n) is 17.7. The van der Waals surface area contributed by atoms with Gasteiger partial charge in [-0.25, -0.2) is 9.97 Å². The molecule has 154 valence electrons. The number of rotatable bonds is 3. The summed E-state index contributed by atoms with van der Waals surface area (Å²) in [6.07, 6.45) is 11.9. The van der Waals surface area contributed by atoms with Gasteiger partial charge in [-0.3, -0.25) is 9.38 Å². The topological polar surface area (TPSA) is 55.1 Å². The SMILES string of the molecule is Cc1cccc(C#Cc2cccc(-c3nc4cnccn4c3NC3CCCCC3)c2)n1. The summed E-state index contributed by atoms with van der Waals surface area (Å²) < 4.78 is 2.10. The predicted molar refractivity (Wildman–Crippen MR) is 124 cm³/mol. The highest BCUT2D eigenvalue weighted by atomic mass is 15.2. The van der Waals surface area contributed by atoms with Gasteiger partial charge in [0.15, 0.2) is 5.65 Å². The van der Waals surface area contributed by atoms with Crippen LogP contribution in [0.5, 0.6) is 0 Å². The van der Waals surface area contributed by atoms with Crippen LogP contribution in [0.4, 0.5) is 5.82 Å². The van der Waals surface area contributed by atoms with Crippen LogP contribution in [0.3, 0.4) is 0 Å². The third-order valence-corrected chi connectivity index (χ3v) is 5.74. The molecule has 0 spiro atoms. The zero-order valence-corrected chi connectivity index (χ0v) is 17.7. The second-order valence-electron chi connectivity index (χ2n) is 8.09. The van der Waals surface area contributed by atoms with Gasteiger partial charge < -0.3 is 5.32 Å². The van der Waals surface area contributed by atoms with Crippen molar-refractivity contribution >= 4 is 11.5 Å². The van der Waals surface area contributed by atoms with Crippen molar-refractivity contribution in [1.29, 1.82) is 0 Å². The summed E-state index contributed by atoms with van der Waals surface area (Å²) in [6, 6.07) is 14.6. The Kier molecular flexibility index (Phi) is 5.37. The average molecular weight is 408 g/mol. The van der Waals surface area contributed by atoms with Gasteiger partial charge in [-0.1, -0.05) is 43.4 Å². The van der Waals surface area contributed by atoms with Crippen molar-refractivity contribution in [3.05, 3.63) is 78.0 Å². The molecule has 1 aliphatic carbocycles. The molecule has 31 heavy (non-hydrogen) atoms. The fraction of sp³-hybridized carbons (Fsp3) is 0.269. The van der Waals surface area contributed by atoms with E-state index in [0.29, 0.717) is 6.04 Å². The van der Waals surface area contributed by atoms with Crippen LogP contribution in [0, 0.1) is 18.8 Å². The van der Waals surface area contributed by atoms with Gasteiger partial charge in [0.2, 0.25) is 0 Å². The van der Waals surface area contributed by atoms with E-state index in [0.717, 1.165) is 39.7 Å². The molecule has 0 unspecified atom stereocenters. The van der Waals surface area contributed by atoms with Crippen LogP contribution < -0.4 is 5.32 Å². The first-order chi connectivity index (χ1) is 15.3. The lowest BCUT2D eigenvalue weighted by Gasteiger charge is -2.24. The van der Waals surface area contributed by atoms with Crippen molar-refractivity contribution in [1.82, 2.24) is 19.4 Å². The summed E-state index contributed by atoms with van der Waals surface area (Å²) >= 11 is 0. The minimum atomic E-state index is 0.482. The largest absolute Gasteiger partial charge is 0.367 e. The number of hydrogen-bond donors (Lipinski definition) is 1. The van der Waals surface area contributed by atoms with Gasteiger partial charge in [-0.15, -0.1) is 0 Å². The van der Waals surface area contributed by atoms with Crippen LogP contribution in [0.15, 0.2) is 61.1 Å². The van der Waals surface area contributed by atoms with Crippen LogP contribution in [-0.2, 0) is 0 Å². The maximum Gasteiger partial charge on any atom is 0.157 e. The maximum atomic E-state index is 4.90. The number of hydrogen-bond acceptors (Lipinski definition) is 4. The molecule has 0 radical (unpaired) electrons. The van der Waals surface area contributed by atoms with Crippen molar-refractivity contribution in [2.75, 3.05) is 5.32 Å². The van der Waals surface area contributed by atoms with Gasteiger partial charge in [0.1, 0.15) is 17.2 Å². The van der Waals surface area contributed by atoms with Crippen molar-refractivity contribution in [2.45, 2.75) is 45.1 Å². The van der Waals surface area contributed by atoms with Crippen LogP contribution in [0.2, 0.25) is 0 Å². The number of pyridine rings is 1. The second-order valence-corrected chi connectivity index (χ2v) is 8.09. The molecule has 1 fully saturated rings. The summed E-state index contributed by atoms with van der Waals surface area (Å²) in [7, 11) is 0. The standard InChI is InChI=1S/C26H25N5/c1-19-7-5-12-23(28-19)14-13-20-8-6-9-21(17-20)25-26(29-22-10-3-2-4-11-22)31-16-15-27-18-24(31)30-25/h5-9,12,15-18,22,29H,2-4,10-11H2,1H3. The number of imidazole rings is 1. The highest BCUT2D eigenvalue weighted by Crippen LogP contribution is 2.31. The van der Waals surface area contributed by atoms with Crippen molar-refractivity contribution in [3.63, 3.8) is 0 Å². The van der Waals surface area contributed by atoms with Gasteiger partial charge in [-0.05, 0) is 50.0 Å². The van der Waals surface area contributed by atoms with E-state index in [9.17, 15) is 0 Å². The molecule has 1 saturated carbocycles. The number of nitrogens with zero attached hydrogens (tertiary/aromatic N) is 4. The molecule has 0 saturated heterocycles. The highest BCUT2D eigenvalue weighted by molar-refractivity contribution is 5.77. The normalized spacial score (nSPS) is 14.2. The Morgan fingerprint density at radius 2 is 1.87 bits per heavy atom. The third kappa shape index (κ3) is 4.29. The van der Waals surface area contributed by atoms with E-state index in [2.05, 4.69) is 43.7 Å². The predicted octanol–water partition coefficient (Wildman–Crippen LogP) is 5.24. The Labute approximate surface area is 182 Å². The second kappa shape index (κ2) is 8.61. The molecule has 5 heteroatoms. The molecule has 1 aliphatic rings. The van der Waals surface area contributed by atoms with E-state index in [1.165, 1.54) is 32.1 Å². The first-order valence-electron chi connectivity index (χ1n) is 10.9. The van der Waals surface area contributed by atoms with Gasteiger partial charge in [0, 0.05) is 35.3 Å². The lowest BCUT2D eigenvalue weighted by atomic mass is 9.95. The van der Waals surface area contributed by atoms with E-state index < -0.39 is 0 Å². The molecule has 0 bridgehead atoms. The number of aryl methyl sites for hydroxylation is 1. The van der Waals surface area contributed by atoms with E-state index in [1.807, 2.05) is 49.6 Å². The lowest BCUT2D eigenvalue weighted by Crippen LogP contribution is -2.23. The molecule has 4 aromatic rings. The smallest absolute Gasteiger partial charge is 0.157 e. The van der Waals surface area contributed by atoms with Crippen LogP contribution in [0.1, 0.15) is 49.1 Å². The van der Waals surface area contributed by atoms with E-state index in [1.54, 1.807) is 6.20 Å². The fourth-order valence-electron chi connectivity index (χ4n) is 4.18. The molecule has 1 N–H and O–H groups in total. The van der Waals surface area contributed by atoms with Crippen molar-refractivity contribution in [3.8, 4) is 23.1 Å². The molecular weight excluding hydrogens is 382 g/mol.